The number of benzene rings is 1. The molecule has 0 spiro atoms. The molecule has 2 fully saturated rings. The first-order chi connectivity index (χ1) is 20.1. The number of halogens is 5. The number of nitrogens with one attached hydrogen (secondary N) is 2. The number of carbonyl (C=O) groups is 1. The molecule has 14 heteroatoms. The molecule has 0 saturated carbocycles. The Labute approximate surface area is 237 Å². The van der Waals surface area contributed by atoms with Crippen LogP contribution in [0.15, 0.2) is 46.3 Å². The van der Waals surface area contributed by atoms with Crippen molar-refractivity contribution in [1.82, 2.24) is 29.7 Å². The van der Waals surface area contributed by atoms with Gasteiger partial charge in [-0.15, -0.1) is 0 Å². The first-order valence-corrected chi connectivity index (χ1v) is 14.0. The highest BCUT2D eigenvalue weighted by Gasteiger charge is 2.43. The molecule has 1 unspecified atom stereocenters. The smallest absolute Gasteiger partial charge is 0.353 e. The van der Waals surface area contributed by atoms with Gasteiger partial charge in [-0.25, -0.2) is 23.4 Å². The van der Waals surface area contributed by atoms with E-state index in [4.69, 9.17) is 0 Å². The van der Waals surface area contributed by atoms with Crippen LogP contribution < -0.4 is 11.0 Å². The number of likely N-dealkylation sites (tertiary alicyclic amines) is 1. The van der Waals surface area contributed by atoms with Gasteiger partial charge in [-0.05, 0) is 49.4 Å². The van der Waals surface area contributed by atoms with Gasteiger partial charge in [0.15, 0.2) is 17.3 Å². The summed E-state index contributed by atoms with van der Waals surface area (Å²) in [6.07, 6.45) is -2.26. The second-order valence-electron chi connectivity index (χ2n) is 11.1. The average molecular weight is 592 g/mol. The van der Waals surface area contributed by atoms with Crippen LogP contribution in [0.2, 0.25) is 0 Å². The van der Waals surface area contributed by atoms with Crippen LogP contribution in [0.4, 0.5) is 26.7 Å². The molecule has 9 nitrogen and oxygen atoms in total. The van der Waals surface area contributed by atoms with Crippen molar-refractivity contribution in [2.75, 3.05) is 26.2 Å². The molecule has 1 aromatic carbocycles. The highest BCUT2D eigenvalue weighted by atomic mass is 19.4. The molecule has 0 radical (unpaired) electrons. The third-order valence-corrected chi connectivity index (χ3v) is 8.52. The van der Waals surface area contributed by atoms with E-state index in [1.807, 2.05) is 6.07 Å². The molecular formula is C28H30F5N7O2. The maximum Gasteiger partial charge on any atom is 0.391 e. The quantitative estimate of drug-likeness (QED) is 0.442. The second kappa shape index (κ2) is 11.0. The van der Waals surface area contributed by atoms with Gasteiger partial charge in [-0.1, -0.05) is 12.1 Å². The Balaban J connectivity index is 1.17. The Kier molecular flexibility index (Phi) is 7.39. The standard InChI is InChI=1S/C28H30F5N7O2/c29-20-4-1-3-19(23(20)30)16-6-7-21(25-35-14-18(39(25)15-16)13-28(31,32)33)36-26(41)38-11-8-17(9-12-38)40-22-5-2-10-34-24(22)37-27(40)42/h1-5,10,16-18,21H,6-9,11-15H2,(H,36,41)(H,34,37,42)/t16-,18?,21+/m0/s1. The van der Waals surface area contributed by atoms with Gasteiger partial charge in [0, 0.05) is 37.8 Å². The summed E-state index contributed by atoms with van der Waals surface area (Å²) in [6.45, 7) is 0.671. The fourth-order valence-corrected chi connectivity index (χ4v) is 6.51. The van der Waals surface area contributed by atoms with Gasteiger partial charge in [-0.2, -0.15) is 13.2 Å². The minimum atomic E-state index is -4.44. The van der Waals surface area contributed by atoms with Gasteiger partial charge in [0.05, 0.1) is 30.6 Å². The van der Waals surface area contributed by atoms with Gasteiger partial charge < -0.3 is 15.1 Å². The van der Waals surface area contributed by atoms with Gasteiger partial charge in [0.2, 0.25) is 0 Å². The van der Waals surface area contributed by atoms with E-state index < -0.39 is 42.2 Å². The van der Waals surface area contributed by atoms with E-state index in [1.165, 1.54) is 17.0 Å². The molecule has 3 aliphatic rings. The normalized spacial score (nSPS) is 23.5. The number of urea groups is 1. The van der Waals surface area contributed by atoms with Crippen LogP contribution in [0.3, 0.4) is 0 Å². The number of H-pyrrole nitrogens is 1. The van der Waals surface area contributed by atoms with E-state index in [-0.39, 0.29) is 36.4 Å². The van der Waals surface area contributed by atoms with Crippen molar-refractivity contribution in [1.29, 1.82) is 0 Å². The molecule has 2 N–H and O–H groups in total. The lowest BCUT2D eigenvalue weighted by molar-refractivity contribution is -0.143. The van der Waals surface area contributed by atoms with E-state index in [0.29, 0.717) is 55.8 Å². The molecule has 6 rings (SSSR count). The van der Waals surface area contributed by atoms with Crippen LogP contribution in [0, 0.1) is 11.6 Å². The number of pyridine rings is 1. The van der Waals surface area contributed by atoms with E-state index in [9.17, 15) is 31.5 Å². The highest BCUT2D eigenvalue weighted by Crippen LogP contribution is 2.35. The lowest BCUT2D eigenvalue weighted by Gasteiger charge is -2.35. The first kappa shape index (κ1) is 28.2. The van der Waals surface area contributed by atoms with Gasteiger partial charge >= 0.3 is 17.9 Å². The fraction of sp³-hybridized carbons (Fsp3) is 0.500. The van der Waals surface area contributed by atoms with Crippen LogP contribution in [-0.2, 0) is 0 Å². The summed E-state index contributed by atoms with van der Waals surface area (Å²) in [5.74, 6) is -2.27. The van der Waals surface area contributed by atoms with Crippen molar-refractivity contribution in [2.24, 2.45) is 4.99 Å². The maximum absolute atomic E-state index is 14.7. The maximum atomic E-state index is 14.7. The topological polar surface area (TPSA) is 98.6 Å². The minimum absolute atomic E-state index is 0.0337. The number of piperidine rings is 1. The molecule has 0 bridgehead atoms. The van der Waals surface area contributed by atoms with Crippen LogP contribution in [0.5, 0.6) is 0 Å². The summed E-state index contributed by atoms with van der Waals surface area (Å²) in [6, 6.07) is 5.22. The average Bonchev–Trinajstić information content (AvgIpc) is 3.43. The zero-order valence-electron chi connectivity index (χ0n) is 22.6. The van der Waals surface area contributed by atoms with E-state index >= 15 is 0 Å². The zero-order valence-corrected chi connectivity index (χ0v) is 22.6. The monoisotopic (exact) mass is 591 g/mol. The molecular weight excluding hydrogens is 561 g/mol. The largest absolute Gasteiger partial charge is 0.391 e. The summed E-state index contributed by atoms with van der Waals surface area (Å²) in [5.41, 5.74) is 1.03. The lowest BCUT2D eigenvalue weighted by atomic mass is 9.92. The molecule has 224 valence electrons. The molecule has 2 amide bonds. The number of hydrogen-bond donors (Lipinski definition) is 2. The van der Waals surface area contributed by atoms with E-state index in [2.05, 4.69) is 20.3 Å². The number of fused-ring (bicyclic) bond motifs is 2. The van der Waals surface area contributed by atoms with Crippen molar-refractivity contribution in [2.45, 2.75) is 62.3 Å². The van der Waals surface area contributed by atoms with Crippen molar-refractivity contribution < 1.29 is 26.7 Å². The Morgan fingerprint density at radius 2 is 1.86 bits per heavy atom. The number of alkyl halides is 3. The van der Waals surface area contributed by atoms with Crippen molar-refractivity contribution in [3.05, 3.63) is 64.2 Å². The van der Waals surface area contributed by atoms with Gasteiger partial charge in [-0.3, -0.25) is 14.5 Å². The number of aromatic amines is 1. The molecule has 0 aliphatic carbocycles. The lowest BCUT2D eigenvalue weighted by Crippen LogP contribution is -2.53. The molecule has 2 aromatic heterocycles. The van der Waals surface area contributed by atoms with E-state index in [0.717, 1.165) is 6.07 Å². The predicted molar refractivity (Wildman–Crippen MR) is 144 cm³/mol. The second-order valence-corrected chi connectivity index (χ2v) is 11.1. The van der Waals surface area contributed by atoms with E-state index in [1.54, 1.807) is 21.7 Å². The Hall–Kier alpha value is -3.97. The number of carbonyl (C=O) groups excluding carboxylic acids is 1. The molecule has 2 saturated heterocycles. The Morgan fingerprint density at radius 3 is 2.62 bits per heavy atom. The summed E-state index contributed by atoms with van der Waals surface area (Å²) >= 11 is 0. The van der Waals surface area contributed by atoms with Crippen molar-refractivity contribution >= 4 is 23.0 Å². The summed E-state index contributed by atoms with van der Waals surface area (Å²) in [4.78, 5) is 40.4. The number of aromatic nitrogens is 3. The molecule has 42 heavy (non-hydrogen) atoms. The Bertz CT molecular complexity index is 1560. The molecule has 5 heterocycles. The molecule has 3 aliphatic heterocycles. The molecule has 3 aromatic rings. The number of amides is 2. The number of nitrogens with zero attached hydrogens (tertiary/aromatic N) is 5. The summed E-state index contributed by atoms with van der Waals surface area (Å²) < 4.78 is 70.6. The number of amidine groups is 1. The predicted octanol–water partition coefficient (Wildman–Crippen LogP) is 4.33. The van der Waals surface area contributed by atoms with Crippen LogP contribution in [-0.4, -0.2) is 80.6 Å². The first-order valence-electron chi connectivity index (χ1n) is 14.0. The van der Waals surface area contributed by atoms with Crippen LogP contribution in [0.25, 0.3) is 11.2 Å². The fourth-order valence-electron chi connectivity index (χ4n) is 6.51. The van der Waals surface area contributed by atoms with Crippen molar-refractivity contribution in [3.63, 3.8) is 0 Å². The SMILES string of the molecule is O=C(N[C@@H]1CC[C@H](c2cccc(F)c2F)CN2C1=NCC2CC(F)(F)F)N1CCC(n2c(=O)[nH]c3ncccc32)CC1. The third-order valence-electron chi connectivity index (χ3n) is 8.52. The Morgan fingerprint density at radius 1 is 1.07 bits per heavy atom. The summed E-state index contributed by atoms with van der Waals surface area (Å²) in [7, 11) is 0. The number of hydrogen-bond acceptors (Lipinski definition) is 5. The number of imidazole rings is 1. The summed E-state index contributed by atoms with van der Waals surface area (Å²) in [5, 5.41) is 2.95. The number of rotatable bonds is 4. The minimum Gasteiger partial charge on any atom is -0.353 e. The van der Waals surface area contributed by atoms with Crippen molar-refractivity contribution in [3.8, 4) is 0 Å². The number of aliphatic imine (C=N–C) groups is 1. The third kappa shape index (κ3) is 5.45. The van der Waals surface area contributed by atoms with Gasteiger partial charge in [0.1, 0.15) is 5.84 Å². The van der Waals surface area contributed by atoms with Crippen LogP contribution in [0.1, 0.15) is 49.6 Å². The zero-order chi connectivity index (χ0) is 29.6. The van der Waals surface area contributed by atoms with Crippen LogP contribution >= 0.6 is 0 Å². The molecule has 3 atom stereocenters. The van der Waals surface area contributed by atoms with Gasteiger partial charge in [0.25, 0.3) is 0 Å². The highest BCUT2D eigenvalue weighted by molar-refractivity contribution is 5.93.